The number of thiophene rings is 1. The van der Waals surface area contributed by atoms with Crippen molar-refractivity contribution in [1.29, 1.82) is 0 Å². The van der Waals surface area contributed by atoms with Gasteiger partial charge in [0.15, 0.2) is 5.16 Å². The zero-order valence-corrected chi connectivity index (χ0v) is 17.4. The van der Waals surface area contributed by atoms with Crippen LogP contribution in [-0.4, -0.2) is 27.3 Å². The van der Waals surface area contributed by atoms with Gasteiger partial charge in [-0.05, 0) is 32.3 Å². The van der Waals surface area contributed by atoms with Crippen LogP contribution in [0.3, 0.4) is 0 Å². The average Bonchev–Trinajstić information content (AvgIpc) is 2.86. The number of fused-ring (bicyclic) bond motifs is 1. The van der Waals surface area contributed by atoms with E-state index >= 15 is 0 Å². The summed E-state index contributed by atoms with van der Waals surface area (Å²) in [5.41, 5.74) is 0.983. The van der Waals surface area contributed by atoms with Gasteiger partial charge >= 0.3 is 0 Å². The lowest BCUT2D eigenvalue weighted by Crippen LogP contribution is -2.36. The van der Waals surface area contributed by atoms with E-state index in [9.17, 15) is 9.59 Å². The highest BCUT2D eigenvalue weighted by molar-refractivity contribution is 7.99. The number of hydrogen-bond donors (Lipinski definition) is 1. The normalized spacial score (nSPS) is 16.4. The van der Waals surface area contributed by atoms with E-state index in [0.717, 1.165) is 28.1 Å². The quantitative estimate of drug-likeness (QED) is 0.631. The van der Waals surface area contributed by atoms with E-state index in [1.54, 1.807) is 23.0 Å². The molecule has 2 heterocycles. The Morgan fingerprint density at radius 2 is 1.88 bits per heavy atom. The maximum absolute atomic E-state index is 12.6. The molecule has 0 radical (unpaired) electrons. The van der Waals surface area contributed by atoms with Gasteiger partial charge in [0.05, 0.1) is 11.1 Å². The second-order valence-electron chi connectivity index (χ2n) is 7.12. The van der Waals surface area contributed by atoms with Gasteiger partial charge in [0.1, 0.15) is 4.83 Å². The molecule has 2 aromatic rings. The van der Waals surface area contributed by atoms with Crippen LogP contribution in [0.5, 0.6) is 0 Å². The first-order valence-electron chi connectivity index (χ1n) is 9.36. The van der Waals surface area contributed by atoms with Crippen molar-refractivity contribution < 1.29 is 4.79 Å². The predicted octanol–water partition coefficient (Wildman–Crippen LogP) is 3.93. The third-order valence-electron chi connectivity index (χ3n) is 5.17. The van der Waals surface area contributed by atoms with Gasteiger partial charge < -0.3 is 5.32 Å². The molecular formula is C19H27N3O2S2. The molecule has 1 aliphatic carbocycles. The van der Waals surface area contributed by atoms with Crippen LogP contribution >= 0.6 is 23.1 Å². The zero-order chi connectivity index (χ0) is 18.7. The highest BCUT2D eigenvalue weighted by atomic mass is 32.2. The minimum Gasteiger partial charge on any atom is -0.353 e. The number of amides is 1. The number of aryl methyl sites for hydroxylation is 2. The fourth-order valence-corrected chi connectivity index (χ4v) is 5.34. The lowest BCUT2D eigenvalue weighted by atomic mass is 9.97. The second kappa shape index (κ2) is 8.57. The molecule has 0 aliphatic heterocycles. The van der Waals surface area contributed by atoms with Gasteiger partial charge in [-0.25, -0.2) is 4.98 Å². The van der Waals surface area contributed by atoms with E-state index in [0.29, 0.717) is 22.3 Å². The number of nitrogens with zero attached hydrogens (tertiary/aromatic N) is 2. The average molecular weight is 394 g/mol. The summed E-state index contributed by atoms with van der Waals surface area (Å²) in [6, 6.07) is 0.297. The summed E-state index contributed by atoms with van der Waals surface area (Å²) >= 11 is 2.89. The fraction of sp³-hybridized carbons (Fsp3) is 0.632. The number of nitrogens with one attached hydrogen (secondary N) is 1. The Bertz CT molecular complexity index is 849. The summed E-state index contributed by atoms with van der Waals surface area (Å²) in [4.78, 5) is 31.5. The van der Waals surface area contributed by atoms with Gasteiger partial charge in [-0.15, -0.1) is 11.3 Å². The predicted molar refractivity (Wildman–Crippen MR) is 109 cm³/mol. The largest absolute Gasteiger partial charge is 0.353 e. The molecule has 0 saturated heterocycles. The molecule has 0 atom stereocenters. The lowest BCUT2D eigenvalue weighted by molar-refractivity contribution is -0.119. The molecule has 1 amide bonds. The molecule has 0 aromatic carbocycles. The number of thioether (sulfide) groups is 1. The molecule has 1 saturated carbocycles. The number of carbonyl (C=O) groups excluding carboxylic acids is 1. The standard InChI is InChI=1S/C19H27N3O2S2/c1-12-13(2)26-17-16(12)18(24)22(3)19(21-17)25-11-15(23)20-14-9-7-5-4-6-8-10-14/h14H,4-11H2,1-3H3,(H,20,23). The highest BCUT2D eigenvalue weighted by Gasteiger charge is 2.17. The molecule has 7 heteroatoms. The Hall–Kier alpha value is -1.34. The van der Waals surface area contributed by atoms with Crippen LogP contribution in [0, 0.1) is 13.8 Å². The molecule has 3 rings (SSSR count). The molecule has 1 aliphatic rings. The number of rotatable bonds is 4. The van der Waals surface area contributed by atoms with Crippen molar-refractivity contribution in [3.05, 3.63) is 20.8 Å². The van der Waals surface area contributed by atoms with Gasteiger partial charge in [-0.2, -0.15) is 0 Å². The Labute approximate surface area is 162 Å². The molecule has 142 valence electrons. The minimum absolute atomic E-state index is 0.0280. The van der Waals surface area contributed by atoms with Crippen LogP contribution in [-0.2, 0) is 11.8 Å². The smallest absolute Gasteiger partial charge is 0.262 e. The SMILES string of the molecule is Cc1sc2nc(SCC(=O)NC3CCCCCCC3)n(C)c(=O)c2c1C. The number of aromatic nitrogens is 2. The first-order chi connectivity index (χ1) is 12.5. The monoisotopic (exact) mass is 393 g/mol. The van der Waals surface area contributed by atoms with Crippen molar-refractivity contribution >= 4 is 39.2 Å². The maximum Gasteiger partial charge on any atom is 0.262 e. The van der Waals surface area contributed by atoms with Crippen molar-refractivity contribution in [2.45, 2.75) is 70.0 Å². The third kappa shape index (κ3) is 4.31. The van der Waals surface area contributed by atoms with Crippen LogP contribution in [0.2, 0.25) is 0 Å². The first kappa shape index (κ1) is 19.4. The van der Waals surface area contributed by atoms with Crippen molar-refractivity contribution in [3.8, 4) is 0 Å². The van der Waals surface area contributed by atoms with Gasteiger partial charge in [0.25, 0.3) is 5.56 Å². The second-order valence-corrected chi connectivity index (χ2v) is 9.27. The third-order valence-corrected chi connectivity index (χ3v) is 7.30. The van der Waals surface area contributed by atoms with Crippen LogP contribution in [0.15, 0.2) is 9.95 Å². The summed E-state index contributed by atoms with van der Waals surface area (Å²) in [6.07, 6.45) is 8.41. The van der Waals surface area contributed by atoms with E-state index in [2.05, 4.69) is 10.3 Å². The number of carbonyl (C=O) groups is 1. The lowest BCUT2D eigenvalue weighted by Gasteiger charge is -2.21. The zero-order valence-electron chi connectivity index (χ0n) is 15.8. The molecule has 26 heavy (non-hydrogen) atoms. The van der Waals surface area contributed by atoms with Crippen molar-refractivity contribution in [3.63, 3.8) is 0 Å². The Kier molecular flexibility index (Phi) is 6.40. The Morgan fingerprint density at radius 3 is 2.58 bits per heavy atom. The molecule has 0 unspecified atom stereocenters. The minimum atomic E-state index is -0.0280. The van der Waals surface area contributed by atoms with E-state index in [4.69, 9.17) is 0 Å². The van der Waals surface area contributed by atoms with Gasteiger partial charge in [0, 0.05) is 18.0 Å². The summed E-state index contributed by atoms with van der Waals surface area (Å²) in [7, 11) is 1.73. The number of hydrogen-bond acceptors (Lipinski definition) is 5. The Morgan fingerprint density at radius 1 is 1.23 bits per heavy atom. The molecule has 1 N–H and O–H groups in total. The van der Waals surface area contributed by atoms with E-state index in [1.807, 2.05) is 13.8 Å². The molecule has 0 bridgehead atoms. The topological polar surface area (TPSA) is 64.0 Å². The molecule has 2 aromatic heterocycles. The van der Waals surface area contributed by atoms with Crippen molar-refractivity contribution in [1.82, 2.24) is 14.9 Å². The first-order valence-corrected chi connectivity index (χ1v) is 11.2. The van der Waals surface area contributed by atoms with Crippen molar-refractivity contribution in [2.24, 2.45) is 7.05 Å². The molecular weight excluding hydrogens is 366 g/mol. The summed E-state index contributed by atoms with van der Waals surface area (Å²) in [6.45, 7) is 3.98. The maximum atomic E-state index is 12.6. The van der Waals surface area contributed by atoms with Gasteiger partial charge in [-0.3, -0.25) is 14.2 Å². The van der Waals surface area contributed by atoms with E-state index in [1.165, 1.54) is 43.9 Å². The summed E-state index contributed by atoms with van der Waals surface area (Å²) in [5.74, 6) is 0.333. The van der Waals surface area contributed by atoms with Crippen LogP contribution in [0.25, 0.3) is 10.2 Å². The molecule has 5 nitrogen and oxygen atoms in total. The van der Waals surface area contributed by atoms with Crippen LogP contribution in [0.4, 0.5) is 0 Å². The van der Waals surface area contributed by atoms with Crippen LogP contribution in [0.1, 0.15) is 55.4 Å². The van der Waals surface area contributed by atoms with E-state index < -0.39 is 0 Å². The Balaban J connectivity index is 1.66. The fourth-order valence-electron chi connectivity index (χ4n) is 3.49. The van der Waals surface area contributed by atoms with Crippen molar-refractivity contribution in [2.75, 3.05) is 5.75 Å². The van der Waals surface area contributed by atoms with E-state index in [-0.39, 0.29) is 11.5 Å². The van der Waals surface area contributed by atoms with Gasteiger partial charge in [0.2, 0.25) is 5.91 Å². The van der Waals surface area contributed by atoms with Gasteiger partial charge in [-0.1, -0.05) is 43.9 Å². The molecule has 0 spiro atoms. The molecule has 1 fully saturated rings. The summed E-state index contributed by atoms with van der Waals surface area (Å²) < 4.78 is 1.56. The van der Waals surface area contributed by atoms with Crippen LogP contribution < -0.4 is 10.9 Å². The summed E-state index contributed by atoms with van der Waals surface area (Å²) in [5, 5.41) is 4.48. The highest BCUT2D eigenvalue weighted by Crippen LogP contribution is 2.28.